The zero-order valence-electron chi connectivity index (χ0n) is 14.5. The van der Waals surface area contributed by atoms with Crippen LogP contribution in [0.25, 0.3) is 0 Å². The second-order valence-corrected chi connectivity index (χ2v) is 8.35. The van der Waals surface area contributed by atoms with Gasteiger partial charge in [-0.1, -0.05) is 66.7 Å². The molecule has 1 aromatic carbocycles. The van der Waals surface area contributed by atoms with E-state index in [1.54, 1.807) is 12.1 Å². The highest BCUT2D eigenvalue weighted by molar-refractivity contribution is 7.80. The van der Waals surface area contributed by atoms with Crippen LogP contribution in [0.1, 0.15) is 43.0 Å². The first-order valence-electron chi connectivity index (χ1n) is 8.16. The maximum Gasteiger partial charge on any atom is 0.273 e. The number of benzene rings is 1. The summed E-state index contributed by atoms with van der Waals surface area (Å²) in [5.41, 5.74) is 4.77. The summed E-state index contributed by atoms with van der Waals surface area (Å²) in [6.45, 7) is 2.02. The number of alkyl halides is 3. The zero-order chi connectivity index (χ0) is 20.4. The molecule has 27 heavy (non-hydrogen) atoms. The van der Waals surface area contributed by atoms with Crippen molar-refractivity contribution in [1.82, 2.24) is 21.5 Å². The van der Waals surface area contributed by atoms with Crippen LogP contribution in [0, 0.1) is 0 Å². The van der Waals surface area contributed by atoms with Gasteiger partial charge in [-0.3, -0.25) is 20.4 Å². The van der Waals surface area contributed by atoms with Gasteiger partial charge in [0.1, 0.15) is 11.9 Å². The van der Waals surface area contributed by atoms with Crippen LogP contribution >= 0.6 is 47.0 Å². The van der Waals surface area contributed by atoms with Crippen LogP contribution in [-0.2, 0) is 4.79 Å². The van der Waals surface area contributed by atoms with E-state index in [2.05, 4.69) is 21.5 Å². The molecule has 0 saturated heterocycles. The molecule has 1 rings (SSSR count). The molecule has 1 aromatic rings. The smallest absolute Gasteiger partial charge is 0.273 e. The van der Waals surface area contributed by atoms with Gasteiger partial charge in [-0.15, -0.1) is 0 Å². The number of aromatic hydroxyl groups is 1. The fourth-order valence-electron chi connectivity index (χ4n) is 1.98. The lowest BCUT2D eigenvalue weighted by molar-refractivity contribution is -0.122. The summed E-state index contributed by atoms with van der Waals surface area (Å²) >= 11 is 22.7. The minimum Gasteiger partial charge on any atom is -0.507 e. The van der Waals surface area contributed by atoms with Gasteiger partial charge >= 0.3 is 0 Å². The minimum atomic E-state index is -1.88. The summed E-state index contributed by atoms with van der Waals surface area (Å²) in [4.78, 5) is 24.0. The molecule has 0 aliphatic carbocycles. The molecule has 0 bridgehead atoms. The van der Waals surface area contributed by atoms with Crippen molar-refractivity contribution in [1.29, 1.82) is 0 Å². The summed E-state index contributed by atoms with van der Waals surface area (Å²) in [5, 5.41) is 14.7. The Morgan fingerprint density at radius 1 is 1.15 bits per heavy atom. The second kappa shape index (κ2) is 11.4. The summed E-state index contributed by atoms with van der Waals surface area (Å²) < 4.78 is -1.88. The van der Waals surface area contributed by atoms with Gasteiger partial charge < -0.3 is 15.7 Å². The van der Waals surface area contributed by atoms with Gasteiger partial charge in [-0.2, -0.15) is 0 Å². The van der Waals surface area contributed by atoms with Gasteiger partial charge in [0.05, 0.1) is 5.56 Å². The Morgan fingerprint density at radius 3 is 2.41 bits per heavy atom. The first-order valence-corrected chi connectivity index (χ1v) is 9.70. The zero-order valence-corrected chi connectivity index (χ0v) is 17.6. The van der Waals surface area contributed by atoms with E-state index < -0.39 is 15.9 Å². The van der Waals surface area contributed by atoms with Crippen molar-refractivity contribution in [2.75, 3.05) is 0 Å². The number of unbranched alkanes of at least 4 members (excludes halogenated alkanes) is 2. The Kier molecular flexibility index (Phi) is 9.93. The van der Waals surface area contributed by atoms with Crippen LogP contribution in [0.4, 0.5) is 0 Å². The molecular weight excluding hydrogens is 435 g/mol. The molecule has 0 saturated carbocycles. The van der Waals surface area contributed by atoms with Crippen molar-refractivity contribution in [3.63, 3.8) is 0 Å². The summed E-state index contributed by atoms with van der Waals surface area (Å²) in [6, 6.07) is 5.99. The van der Waals surface area contributed by atoms with Crippen LogP contribution in [0.2, 0.25) is 0 Å². The van der Waals surface area contributed by atoms with E-state index in [0.717, 1.165) is 12.8 Å². The maximum absolute atomic E-state index is 12.0. The van der Waals surface area contributed by atoms with E-state index in [-0.39, 0.29) is 28.8 Å². The average Bonchev–Trinajstić information content (AvgIpc) is 2.59. The molecule has 7 nitrogen and oxygen atoms in total. The number of para-hydroxylation sites is 1. The molecule has 0 aromatic heterocycles. The maximum atomic E-state index is 12.0. The predicted molar refractivity (Wildman–Crippen MR) is 111 cm³/mol. The molecular formula is C16H21Cl3N4O3S. The highest BCUT2D eigenvalue weighted by atomic mass is 35.6. The van der Waals surface area contributed by atoms with Crippen molar-refractivity contribution in [2.45, 2.75) is 42.6 Å². The number of hydrazine groups is 1. The lowest BCUT2D eigenvalue weighted by Crippen LogP contribution is -2.59. The Balaban J connectivity index is 2.57. The second-order valence-electron chi connectivity index (χ2n) is 5.57. The van der Waals surface area contributed by atoms with E-state index in [4.69, 9.17) is 47.0 Å². The highest BCUT2D eigenvalue weighted by Gasteiger charge is 2.34. The monoisotopic (exact) mass is 454 g/mol. The van der Waals surface area contributed by atoms with Crippen LogP contribution in [0.15, 0.2) is 24.3 Å². The van der Waals surface area contributed by atoms with Crippen molar-refractivity contribution in [3.05, 3.63) is 29.8 Å². The predicted octanol–water partition coefficient (Wildman–Crippen LogP) is 2.89. The normalized spacial score (nSPS) is 12.0. The summed E-state index contributed by atoms with van der Waals surface area (Å²) in [7, 11) is 0. The standard InChI is InChI=1S/C16H21Cl3N4O3S/c1-2-3-4-9-12(25)20-14(16(17,18)19)21-15(27)23-22-13(26)10-7-5-6-8-11(10)24/h5-8,14,24H,2-4,9H2,1H3,(H,20,25)(H,22,26)(H2,21,23,27). The van der Waals surface area contributed by atoms with Gasteiger partial charge in [0.2, 0.25) is 9.70 Å². The largest absolute Gasteiger partial charge is 0.507 e. The van der Waals surface area contributed by atoms with E-state index in [9.17, 15) is 14.7 Å². The molecule has 0 spiro atoms. The molecule has 0 fully saturated rings. The highest BCUT2D eigenvalue weighted by Crippen LogP contribution is 2.29. The molecule has 2 amide bonds. The molecule has 0 heterocycles. The van der Waals surface area contributed by atoms with E-state index >= 15 is 0 Å². The number of amides is 2. The number of phenols is 1. The molecule has 0 aliphatic rings. The Hall–Kier alpha value is -1.48. The molecule has 1 unspecified atom stereocenters. The molecule has 11 heteroatoms. The van der Waals surface area contributed by atoms with Crippen molar-refractivity contribution >= 4 is 63.9 Å². The van der Waals surface area contributed by atoms with Crippen LogP contribution < -0.4 is 21.5 Å². The van der Waals surface area contributed by atoms with Gasteiger partial charge in [-0.05, 0) is 30.8 Å². The molecule has 0 aliphatic heterocycles. The van der Waals surface area contributed by atoms with Crippen LogP contribution in [-0.4, -0.2) is 32.0 Å². The lowest BCUT2D eigenvalue weighted by atomic mass is 10.2. The number of hydrogen-bond acceptors (Lipinski definition) is 4. The molecule has 1 atom stereocenters. The third-order valence-corrected chi connectivity index (χ3v) is 4.23. The number of halogens is 3. The van der Waals surface area contributed by atoms with Gasteiger partial charge in [-0.25, -0.2) is 0 Å². The lowest BCUT2D eigenvalue weighted by Gasteiger charge is -2.27. The van der Waals surface area contributed by atoms with E-state index in [1.807, 2.05) is 6.92 Å². The van der Waals surface area contributed by atoms with E-state index in [1.165, 1.54) is 12.1 Å². The summed E-state index contributed by atoms with van der Waals surface area (Å²) in [5.74, 6) is -1.10. The Labute approximate surface area is 178 Å². The number of thiocarbonyl (C=S) groups is 1. The Morgan fingerprint density at radius 2 is 1.81 bits per heavy atom. The number of nitrogens with one attached hydrogen (secondary N) is 4. The number of carbonyl (C=O) groups excluding carboxylic acids is 2. The average molecular weight is 456 g/mol. The fourth-order valence-corrected chi connectivity index (χ4v) is 2.48. The van der Waals surface area contributed by atoms with Crippen molar-refractivity contribution < 1.29 is 14.7 Å². The molecule has 0 radical (unpaired) electrons. The van der Waals surface area contributed by atoms with Crippen molar-refractivity contribution in [3.8, 4) is 5.75 Å². The van der Waals surface area contributed by atoms with E-state index in [0.29, 0.717) is 6.42 Å². The molecule has 150 valence electrons. The van der Waals surface area contributed by atoms with Crippen LogP contribution in [0.3, 0.4) is 0 Å². The topological polar surface area (TPSA) is 102 Å². The third-order valence-electron chi connectivity index (χ3n) is 3.35. The number of phenolic OH excluding ortho intramolecular Hbond substituents is 1. The number of carbonyl (C=O) groups is 2. The van der Waals surface area contributed by atoms with Crippen molar-refractivity contribution in [2.24, 2.45) is 0 Å². The summed E-state index contributed by atoms with van der Waals surface area (Å²) in [6.07, 6.45) is 1.78. The fraction of sp³-hybridized carbons (Fsp3) is 0.438. The first-order chi connectivity index (χ1) is 12.6. The minimum absolute atomic E-state index is 0.0509. The SMILES string of the molecule is CCCCCC(=O)NC(NC(=S)NNC(=O)c1ccccc1O)C(Cl)(Cl)Cl. The van der Waals surface area contributed by atoms with Gasteiger partial charge in [0.15, 0.2) is 5.11 Å². The van der Waals surface area contributed by atoms with Gasteiger partial charge in [0, 0.05) is 6.42 Å². The third kappa shape index (κ3) is 8.83. The van der Waals surface area contributed by atoms with Gasteiger partial charge in [0.25, 0.3) is 5.91 Å². The quantitative estimate of drug-likeness (QED) is 0.142. The molecule has 5 N–H and O–H groups in total. The number of rotatable bonds is 7. The first kappa shape index (κ1) is 23.6. The number of hydrogen-bond donors (Lipinski definition) is 5. The Bertz CT molecular complexity index is 671. The van der Waals surface area contributed by atoms with Crippen LogP contribution in [0.5, 0.6) is 5.75 Å².